The zero-order valence-electron chi connectivity index (χ0n) is 13.9. The molecule has 7 nitrogen and oxygen atoms in total. The number of carbonyl (C=O) groups is 2. The molecule has 2 amide bonds. The lowest BCUT2D eigenvalue weighted by atomic mass is 10.2. The number of pyridine rings is 1. The Hall–Kier alpha value is -2.78. The summed E-state index contributed by atoms with van der Waals surface area (Å²) in [5.74, 6) is -0.480. The number of carboxylic acid groups (broad SMARTS) is 1. The second kappa shape index (κ2) is 7.63. The van der Waals surface area contributed by atoms with E-state index in [-0.39, 0.29) is 11.6 Å². The third kappa shape index (κ3) is 3.89. The lowest BCUT2D eigenvalue weighted by Gasteiger charge is -2.21. The Morgan fingerprint density at radius 3 is 2.65 bits per heavy atom. The van der Waals surface area contributed by atoms with E-state index in [1.54, 1.807) is 23.1 Å². The topological polar surface area (TPSA) is 98.3 Å². The van der Waals surface area contributed by atoms with E-state index in [2.05, 4.69) is 15.3 Å². The van der Waals surface area contributed by atoms with Crippen molar-refractivity contribution in [3.05, 3.63) is 45.9 Å². The molecular formula is C17H16N4O3S2. The van der Waals surface area contributed by atoms with Crippen LogP contribution in [0.2, 0.25) is 0 Å². The fraction of sp³-hybridized carbons (Fsp3) is 0.176. The lowest BCUT2D eigenvalue weighted by Crippen LogP contribution is -2.36. The molecule has 0 aliphatic rings. The van der Waals surface area contributed by atoms with Crippen molar-refractivity contribution in [2.24, 2.45) is 0 Å². The fourth-order valence-corrected chi connectivity index (χ4v) is 3.46. The number of aromatic nitrogens is 2. The molecule has 0 saturated carbocycles. The third-order valence-electron chi connectivity index (χ3n) is 3.62. The van der Waals surface area contributed by atoms with Crippen LogP contribution >= 0.6 is 23.6 Å². The number of hydrogen-bond donors (Lipinski definition) is 3. The number of carboxylic acids is 1. The Labute approximate surface area is 158 Å². The second-order valence-electron chi connectivity index (χ2n) is 5.50. The predicted molar refractivity (Wildman–Crippen MR) is 105 cm³/mol. The van der Waals surface area contributed by atoms with Gasteiger partial charge in [0, 0.05) is 12.2 Å². The van der Waals surface area contributed by atoms with Gasteiger partial charge in [0.05, 0.1) is 11.1 Å². The zero-order chi connectivity index (χ0) is 18.7. The molecular weight excluding hydrogens is 372 g/mol. The number of rotatable bonds is 5. The number of anilines is 2. The summed E-state index contributed by atoms with van der Waals surface area (Å²) in [5, 5.41) is 11.7. The van der Waals surface area contributed by atoms with Crippen LogP contribution in [0.25, 0.3) is 10.3 Å². The van der Waals surface area contributed by atoms with Gasteiger partial charge in [0.1, 0.15) is 10.6 Å². The van der Waals surface area contributed by atoms with Gasteiger partial charge in [-0.2, -0.15) is 0 Å². The minimum atomic E-state index is -1.01. The summed E-state index contributed by atoms with van der Waals surface area (Å²) < 4.78 is 0.634. The number of aromatic carboxylic acids is 1. The van der Waals surface area contributed by atoms with E-state index < -0.39 is 5.97 Å². The molecule has 26 heavy (non-hydrogen) atoms. The van der Waals surface area contributed by atoms with Crippen molar-refractivity contribution >= 4 is 57.4 Å². The molecule has 0 bridgehead atoms. The number of urea groups is 1. The Morgan fingerprint density at radius 2 is 2.00 bits per heavy atom. The van der Waals surface area contributed by atoms with Crippen molar-refractivity contribution in [1.82, 2.24) is 9.97 Å². The van der Waals surface area contributed by atoms with Gasteiger partial charge in [-0.05, 0) is 55.0 Å². The molecule has 2 aromatic heterocycles. The summed E-state index contributed by atoms with van der Waals surface area (Å²) in [6.07, 6.45) is 0.758. The summed E-state index contributed by atoms with van der Waals surface area (Å²) in [5.41, 5.74) is 1.51. The number of nitrogens with zero attached hydrogens (tertiary/aromatic N) is 2. The second-order valence-corrected chi connectivity index (χ2v) is 7.17. The molecule has 3 aromatic rings. The van der Waals surface area contributed by atoms with Crippen molar-refractivity contribution in [3.8, 4) is 0 Å². The normalized spacial score (nSPS) is 10.7. The van der Waals surface area contributed by atoms with Crippen LogP contribution in [0.3, 0.4) is 0 Å². The largest absolute Gasteiger partial charge is 0.478 e. The van der Waals surface area contributed by atoms with Crippen LogP contribution in [0, 0.1) is 3.95 Å². The molecule has 134 valence electrons. The maximum atomic E-state index is 12.7. The molecule has 0 unspecified atom stereocenters. The third-order valence-corrected chi connectivity index (χ3v) is 4.77. The quantitative estimate of drug-likeness (QED) is 0.559. The summed E-state index contributed by atoms with van der Waals surface area (Å²) in [7, 11) is 0. The van der Waals surface area contributed by atoms with Gasteiger partial charge in [0.25, 0.3) is 0 Å². The zero-order valence-corrected chi connectivity index (χ0v) is 15.5. The first-order valence-electron chi connectivity index (χ1n) is 7.89. The summed E-state index contributed by atoms with van der Waals surface area (Å²) in [6, 6.07) is 9.28. The van der Waals surface area contributed by atoms with Crippen LogP contribution in [0.1, 0.15) is 23.7 Å². The fourth-order valence-electron chi connectivity index (χ4n) is 2.41. The van der Waals surface area contributed by atoms with Gasteiger partial charge in [-0.1, -0.05) is 18.3 Å². The molecule has 0 aliphatic carbocycles. The number of thiazole rings is 1. The lowest BCUT2D eigenvalue weighted by molar-refractivity contribution is 0.0697. The van der Waals surface area contributed by atoms with E-state index in [9.17, 15) is 9.59 Å². The number of fused-ring (bicyclic) bond motifs is 1. The molecule has 0 aliphatic heterocycles. The van der Waals surface area contributed by atoms with Crippen LogP contribution in [-0.2, 0) is 0 Å². The molecule has 9 heteroatoms. The number of amides is 2. The van der Waals surface area contributed by atoms with Gasteiger partial charge in [-0.25, -0.2) is 14.6 Å². The number of aromatic amines is 1. The smallest absolute Gasteiger partial charge is 0.335 e. The molecule has 0 atom stereocenters. The molecule has 0 saturated heterocycles. The molecule has 0 fully saturated rings. The van der Waals surface area contributed by atoms with Crippen LogP contribution in [0.5, 0.6) is 0 Å². The molecule has 0 radical (unpaired) electrons. The van der Waals surface area contributed by atoms with Crippen LogP contribution in [0.4, 0.5) is 16.3 Å². The summed E-state index contributed by atoms with van der Waals surface area (Å²) in [6.45, 7) is 2.47. The number of hydrogen-bond acceptors (Lipinski definition) is 5. The Balaban J connectivity index is 1.84. The monoisotopic (exact) mass is 388 g/mol. The van der Waals surface area contributed by atoms with Crippen molar-refractivity contribution in [2.75, 3.05) is 16.8 Å². The molecule has 0 spiro atoms. The van der Waals surface area contributed by atoms with Crippen LogP contribution in [-0.4, -0.2) is 33.6 Å². The van der Waals surface area contributed by atoms with Crippen molar-refractivity contribution in [3.63, 3.8) is 0 Å². The maximum absolute atomic E-state index is 12.7. The average Bonchev–Trinajstić information content (AvgIpc) is 2.99. The van der Waals surface area contributed by atoms with E-state index in [0.29, 0.717) is 22.0 Å². The molecule has 2 heterocycles. The first-order valence-corrected chi connectivity index (χ1v) is 9.12. The van der Waals surface area contributed by atoms with Gasteiger partial charge < -0.3 is 15.4 Å². The maximum Gasteiger partial charge on any atom is 0.335 e. The van der Waals surface area contributed by atoms with Gasteiger partial charge >= 0.3 is 12.0 Å². The summed E-state index contributed by atoms with van der Waals surface area (Å²) >= 11 is 6.48. The Bertz CT molecular complexity index is 1010. The highest BCUT2D eigenvalue weighted by Crippen LogP contribution is 2.22. The molecule has 1 aromatic carbocycles. The highest BCUT2D eigenvalue weighted by Gasteiger charge is 2.17. The first-order chi connectivity index (χ1) is 12.5. The molecule has 3 N–H and O–H groups in total. The minimum absolute atomic E-state index is 0.161. The SMILES string of the molecule is CCCN(C(=O)Nc1ccc(C(=O)O)cc1)c1ccc2[nH]c(=S)sc2n1. The predicted octanol–water partition coefficient (Wildman–Crippen LogP) is 4.50. The van der Waals surface area contributed by atoms with Crippen molar-refractivity contribution in [2.45, 2.75) is 13.3 Å². The number of H-pyrrole nitrogens is 1. The summed E-state index contributed by atoms with van der Waals surface area (Å²) in [4.78, 5) is 33.5. The van der Waals surface area contributed by atoms with E-state index in [0.717, 1.165) is 16.8 Å². The minimum Gasteiger partial charge on any atom is -0.478 e. The van der Waals surface area contributed by atoms with Crippen molar-refractivity contribution < 1.29 is 14.7 Å². The van der Waals surface area contributed by atoms with Crippen molar-refractivity contribution in [1.29, 1.82) is 0 Å². The van der Waals surface area contributed by atoms with Gasteiger partial charge in [0.15, 0.2) is 3.95 Å². The first kappa shape index (κ1) is 18.0. The van der Waals surface area contributed by atoms with Gasteiger partial charge in [-0.15, -0.1) is 0 Å². The Morgan fingerprint density at radius 1 is 1.27 bits per heavy atom. The Kier molecular flexibility index (Phi) is 5.29. The molecule has 3 rings (SSSR count). The average molecular weight is 388 g/mol. The highest BCUT2D eigenvalue weighted by atomic mass is 32.1. The highest BCUT2D eigenvalue weighted by molar-refractivity contribution is 7.73. The standard InChI is InChI=1S/C17H16N4O3S2/c1-2-9-21(13-8-7-12-14(20-13)26-17(25)19-12)16(24)18-11-5-3-10(4-6-11)15(22)23/h3-8H,2,9H2,1H3,(H,18,24)(H,19,25)(H,22,23). The van der Waals surface area contributed by atoms with E-state index >= 15 is 0 Å². The van der Waals surface area contributed by atoms with E-state index in [1.807, 2.05) is 13.0 Å². The van der Waals surface area contributed by atoms with Crippen LogP contribution in [0.15, 0.2) is 36.4 Å². The van der Waals surface area contributed by atoms with E-state index in [4.69, 9.17) is 17.3 Å². The van der Waals surface area contributed by atoms with Gasteiger partial charge in [0.2, 0.25) is 0 Å². The van der Waals surface area contributed by atoms with Gasteiger partial charge in [-0.3, -0.25) is 4.90 Å². The number of nitrogens with one attached hydrogen (secondary N) is 2. The number of carbonyl (C=O) groups excluding carboxylic acids is 1. The number of benzene rings is 1. The van der Waals surface area contributed by atoms with E-state index in [1.165, 1.54) is 23.5 Å². The van der Waals surface area contributed by atoms with Crippen LogP contribution < -0.4 is 10.2 Å².